The topological polar surface area (TPSA) is 65.2 Å². The van der Waals surface area contributed by atoms with Gasteiger partial charge in [0.2, 0.25) is 0 Å². The van der Waals surface area contributed by atoms with Crippen molar-refractivity contribution in [2.45, 2.75) is 25.7 Å². The molecule has 1 aliphatic rings. The summed E-state index contributed by atoms with van der Waals surface area (Å²) in [4.78, 5) is 28.1. The molecule has 1 aliphatic heterocycles. The van der Waals surface area contributed by atoms with Gasteiger partial charge in [-0.05, 0) is 51.0 Å². The molecule has 1 amide bonds. The third-order valence-electron chi connectivity index (χ3n) is 3.45. The third-order valence-corrected chi connectivity index (χ3v) is 3.45. The van der Waals surface area contributed by atoms with Crippen LogP contribution in [0.25, 0.3) is 0 Å². The maximum absolute atomic E-state index is 11.8. The summed E-state index contributed by atoms with van der Waals surface area (Å²) in [6.07, 6.45) is 6.35. The summed E-state index contributed by atoms with van der Waals surface area (Å²) in [6, 6.07) is 3.20. The molecule has 1 aromatic rings. The Bertz CT molecular complexity index is 464. The molecular formula is C14H21N3O2. The van der Waals surface area contributed by atoms with E-state index in [2.05, 4.69) is 15.2 Å². The van der Waals surface area contributed by atoms with Crippen molar-refractivity contribution in [1.29, 1.82) is 0 Å². The predicted octanol–water partition coefficient (Wildman–Crippen LogP) is 0.981. The number of hydrogen-bond donors (Lipinski definition) is 2. The van der Waals surface area contributed by atoms with Crippen molar-refractivity contribution < 1.29 is 4.79 Å². The van der Waals surface area contributed by atoms with Gasteiger partial charge < -0.3 is 15.2 Å². The normalized spacial score (nSPS) is 16.2. The number of aromatic nitrogens is 1. The zero-order valence-electron chi connectivity index (χ0n) is 11.2. The lowest BCUT2D eigenvalue weighted by Crippen LogP contribution is -2.34. The molecule has 0 spiro atoms. The van der Waals surface area contributed by atoms with Gasteiger partial charge in [-0.2, -0.15) is 0 Å². The van der Waals surface area contributed by atoms with Gasteiger partial charge in [0.05, 0.1) is 0 Å². The van der Waals surface area contributed by atoms with E-state index >= 15 is 0 Å². The second kappa shape index (κ2) is 7.09. The lowest BCUT2D eigenvalue weighted by molar-refractivity contribution is 0.0949. The number of aromatic amines is 1. The van der Waals surface area contributed by atoms with Crippen molar-refractivity contribution in [3.63, 3.8) is 0 Å². The molecule has 1 aromatic heterocycles. The van der Waals surface area contributed by atoms with Gasteiger partial charge in [0, 0.05) is 12.7 Å². The Morgan fingerprint density at radius 3 is 2.84 bits per heavy atom. The van der Waals surface area contributed by atoms with Gasteiger partial charge >= 0.3 is 0 Å². The highest BCUT2D eigenvalue weighted by atomic mass is 16.2. The predicted molar refractivity (Wildman–Crippen MR) is 74.3 cm³/mol. The van der Waals surface area contributed by atoms with Crippen LogP contribution in [0.5, 0.6) is 0 Å². The monoisotopic (exact) mass is 263 g/mol. The van der Waals surface area contributed by atoms with E-state index in [-0.39, 0.29) is 17.0 Å². The number of H-pyrrole nitrogens is 1. The van der Waals surface area contributed by atoms with Gasteiger partial charge in [-0.1, -0.05) is 6.42 Å². The lowest BCUT2D eigenvalue weighted by Gasteiger charge is -2.26. The Labute approximate surface area is 113 Å². The Morgan fingerprint density at radius 2 is 2.11 bits per heavy atom. The van der Waals surface area contributed by atoms with Gasteiger partial charge in [0.1, 0.15) is 5.56 Å². The average molecular weight is 263 g/mol. The Hall–Kier alpha value is -1.62. The molecule has 2 rings (SSSR count). The van der Waals surface area contributed by atoms with Crippen LogP contribution in [-0.2, 0) is 0 Å². The van der Waals surface area contributed by atoms with E-state index in [0.29, 0.717) is 6.54 Å². The van der Waals surface area contributed by atoms with Crippen LogP contribution < -0.4 is 10.9 Å². The largest absolute Gasteiger partial charge is 0.352 e. The molecule has 5 nitrogen and oxygen atoms in total. The van der Waals surface area contributed by atoms with Gasteiger partial charge in [0.25, 0.3) is 11.5 Å². The quantitative estimate of drug-likeness (QED) is 0.778. The number of nitrogens with one attached hydrogen (secondary N) is 2. The Morgan fingerprint density at radius 1 is 1.32 bits per heavy atom. The Balaban J connectivity index is 1.69. The highest BCUT2D eigenvalue weighted by Crippen LogP contribution is 2.08. The first-order valence-electron chi connectivity index (χ1n) is 6.95. The van der Waals surface area contributed by atoms with Crippen LogP contribution in [0.15, 0.2) is 23.1 Å². The molecule has 1 saturated heterocycles. The summed E-state index contributed by atoms with van der Waals surface area (Å²) in [5.41, 5.74) is -0.156. The summed E-state index contributed by atoms with van der Waals surface area (Å²) in [5, 5.41) is 2.79. The SMILES string of the molecule is O=C(NCCCN1CCCCC1)c1ccc[nH]c1=O. The van der Waals surface area contributed by atoms with Crippen LogP contribution in [0.2, 0.25) is 0 Å². The molecule has 2 N–H and O–H groups in total. The minimum atomic E-state index is -0.337. The summed E-state index contributed by atoms with van der Waals surface area (Å²) in [7, 11) is 0. The first kappa shape index (κ1) is 13.8. The van der Waals surface area contributed by atoms with Crippen molar-refractivity contribution in [3.05, 3.63) is 34.2 Å². The van der Waals surface area contributed by atoms with Crippen molar-refractivity contribution in [2.75, 3.05) is 26.2 Å². The highest BCUT2D eigenvalue weighted by Gasteiger charge is 2.11. The number of nitrogens with zero attached hydrogens (tertiary/aromatic N) is 1. The summed E-state index contributed by atoms with van der Waals surface area (Å²) in [5.74, 6) is -0.291. The fourth-order valence-corrected chi connectivity index (χ4v) is 2.38. The van der Waals surface area contributed by atoms with Crippen LogP contribution in [0, 0.1) is 0 Å². The maximum atomic E-state index is 11.8. The smallest absolute Gasteiger partial charge is 0.260 e. The second-order valence-corrected chi connectivity index (χ2v) is 4.92. The van der Waals surface area contributed by atoms with E-state index in [1.807, 2.05) is 0 Å². The zero-order valence-corrected chi connectivity index (χ0v) is 11.2. The fourth-order valence-electron chi connectivity index (χ4n) is 2.38. The van der Waals surface area contributed by atoms with E-state index in [9.17, 15) is 9.59 Å². The summed E-state index contributed by atoms with van der Waals surface area (Å²) < 4.78 is 0. The number of likely N-dealkylation sites (tertiary alicyclic amines) is 1. The number of amides is 1. The average Bonchev–Trinajstić information content (AvgIpc) is 2.45. The minimum absolute atomic E-state index is 0.181. The molecular weight excluding hydrogens is 242 g/mol. The first-order valence-corrected chi connectivity index (χ1v) is 6.95. The van der Waals surface area contributed by atoms with Crippen LogP contribution in [0.4, 0.5) is 0 Å². The molecule has 1 fully saturated rings. The van der Waals surface area contributed by atoms with E-state index in [1.165, 1.54) is 38.5 Å². The number of pyridine rings is 1. The first-order chi connectivity index (χ1) is 9.27. The van der Waals surface area contributed by atoms with Gasteiger partial charge in [-0.15, -0.1) is 0 Å². The fraction of sp³-hybridized carbons (Fsp3) is 0.571. The number of carbonyl (C=O) groups is 1. The standard InChI is InChI=1S/C14H21N3O2/c18-13-12(6-4-7-15-13)14(19)16-8-5-11-17-9-2-1-3-10-17/h4,6-7H,1-3,5,8-11H2,(H,15,18)(H,16,19). The maximum Gasteiger partial charge on any atom is 0.260 e. The van der Waals surface area contributed by atoms with Crippen molar-refractivity contribution in [3.8, 4) is 0 Å². The van der Waals surface area contributed by atoms with Gasteiger partial charge in [0.15, 0.2) is 0 Å². The Kier molecular flexibility index (Phi) is 5.15. The molecule has 0 radical (unpaired) electrons. The van der Waals surface area contributed by atoms with Crippen LogP contribution in [-0.4, -0.2) is 42.0 Å². The molecule has 104 valence electrons. The van der Waals surface area contributed by atoms with Crippen molar-refractivity contribution >= 4 is 5.91 Å². The third kappa shape index (κ3) is 4.21. The molecule has 5 heteroatoms. The highest BCUT2D eigenvalue weighted by molar-refractivity contribution is 5.93. The number of piperidine rings is 1. The van der Waals surface area contributed by atoms with Gasteiger partial charge in [-0.25, -0.2) is 0 Å². The van der Waals surface area contributed by atoms with E-state index in [1.54, 1.807) is 12.1 Å². The molecule has 0 bridgehead atoms. The molecule has 2 heterocycles. The van der Waals surface area contributed by atoms with Crippen LogP contribution >= 0.6 is 0 Å². The van der Waals surface area contributed by atoms with E-state index in [4.69, 9.17) is 0 Å². The molecule has 0 aliphatic carbocycles. The van der Waals surface area contributed by atoms with Crippen molar-refractivity contribution in [2.24, 2.45) is 0 Å². The summed E-state index contributed by atoms with van der Waals surface area (Å²) >= 11 is 0. The zero-order chi connectivity index (χ0) is 13.5. The van der Waals surface area contributed by atoms with Crippen LogP contribution in [0.3, 0.4) is 0 Å². The van der Waals surface area contributed by atoms with E-state index in [0.717, 1.165) is 13.0 Å². The second-order valence-electron chi connectivity index (χ2n) is 4.92. The summed E-state index contributed by atoms with van der Waals surface area (Å²) in [6.45, 7) is 3.98. The van der Waals surface area contributed by atoms with E-state index < -0.39 is 0 Å². The number of hydrogen-bond acceptors (Lipinski definition) is 3. The lowest BCUT2D eigenvalue weighted by atomic mass is 10.1. The number of rotatable bonds is 5. The minimum Gasteiger partial charge on any atom is -0.352 e. The molecule has 0 unspecified atom stereocenters. The molecule has 0 atom stereocenters. The number of carbonyl (C=O) groups excluding carboxylic acids is 1. The van der Waals surface area contributed by atoms with Crippen molar-refractivity contribution in [1.82, 2.24) is 15.2 Å². The molecule has 0 aromatic carbocycles. The molecule has 0 saturated carbocycles. The van der Waals surface area contributed by atoms with Crippen LogP contribution in [0.1, 0.15) is 36.0 Å². The van der Waals surface area contributed by atoms with Gasteiger partial charge in [-0.3, -0.25) is 9.59 Å². The molecule has 19 heavy (non-hydrogen) atoms.